The summed E-state index contributed by atoms with van der Waals surface area (Å²) in [7, 11) is 0. The molecule has 0 atom stereocenters. The molecule has 7 heteroatoms. The lowest BCUT2D eigenvalue weighted by Gasteiger charge is -2.38. The Balaban J connectivity index is 1.78. The number of nitrogens with one attached hydrogen (secondary N) is 1. The first-order valence-electron chi connectivity index (χ1n) is 11.7. The first-order chi connectivity index (χ1) is 15.0. The summed E-state index contributed by atoms with van der Waals surface area (Å²) in [6, 6.07) is 5.58. The Labute approximate surface area is 185 Å². The molecule has 3 amide bonds. The van der Waals surface area contributed by atoms with Crippen LogP contribution in [-0.4, -0.2) is 66.8 Å². The summed E-state index contributed by atoms with van der Waals surface area (Å²) in [5.41, 5.74) is 2.12. The smallest absolute Gasteiger partial charge is 0.256 e. The highest BCUT2D eigenvalue weighted by Crippen LogP contribution is 2.29. The molecular formula is C24H36N4O3. The molecule has 2 fully saturated rings. The van der Waals surface area contributed by atoms with Gasteiger partial charge in [0.15, 0.2) is 0 Å². The zero-order chi connectivity index (χ0) is 22.4. The second-order valence-electron chi connectivity index (χ2n) is 8.40. The number of hydrogen-bond donors (Lipinski definition) is 1. The average molecular weight is 429 g/mol. The lowest BCUT2D eigenvalue weighted by Crippen LogP contribution is -2.50. The Bertz CT molecular complexity index is 792. The Morgan fingerprint density at radius 2 is 1.65 bits per heavy atom. The van der Waals surface area contributed by atoms with E-state index in [0.717, 1.165) is 31.4 Å². The SMILES string of the molecule is CCC(=O)Nc1ccc(N2CCN(C(=O)C3CCCC3)CC2)c(C(=O)N(CC)CC)c1. The van der Waals surface area contributed by atoms with Gasteiger partial charge in [0, 0.05) is 63.0 Å². The second kappa shape index (κ2) is 10.6. The molecule has 0 spiro atoms. The highest BCUT2D eigenvalue weighted by Gasteiger charge is 2.30. The van der Waals surface area contributed by atoms with Crippen molar-refractivity contribution >= 4 is 29.1 Å². The Morgan fingerprint density at radius 3 is 2.23 bits per heavy atom. The molecule has 1 saturated carbocycles. The molecule has 1 saturated heterocycles. The first kappa shape index (κ1) is 23.1. The molecule has 1 aromatic carbocycles. The minimum absolute atomic E-state index is 0.0305. The van der Waals surface area contributed by atoms with E-state index < -0.39 is 0 Å². The topological polar surface area (TPSA) is 73.0 Å². The van der Waals surface area contributed by atoms with Crippen molar-refractivity contribution < 1.29 is 14.4 Å². The molecule has 3 rings (SSSR count). The van der Waals surface area contributed by atoms with Gasteiger partial charge in [-0.2, -0.15) is 0 Å². The molecule has 0 radical (unpaired) electrons. The molecule has 0 bridgehead atoms. The third kappa shape index (κ3) is 5.38. The highest BCUT2D eigenvalue weighted by atomic mass is 16.2. The number of nitrogens with zero attached hydrogens (tertiary/aromatic N) is 3. The maximum atomic E-state index is 13.2. The van der Waals surface area contributed by atoms with E-state index >= 15 is 0 Å². The molecule has 1 N–H and O–H groups in total. The van der Waals surface area contributed by atoms with E-state index in [1.54, 1.807) is 17.9 Å². The minimum Gasteiger partial charge on any atom is -0.367 e. The molecule has 31 heavy (non-hydrogen) atoms. The number of amides is 3. The van der Waals surface area contributed by atoms with Gasteiger partial charge in [-0.25, -0.2) is 0 Å². The fourth-order valence-corrected chi connectivity index (χ4v) is 4.59. The molecule has 1 aliphatic carbocycles. The van der Waals surface area contributed by atoms with Crippen molar-refractivity contribution in [3.8, 4) is 0 Å². The highest BCUT2D eigenvalue weighted by molar-refractivity contribution is 6.02. The summed E-state index contributed by atoms with van der Waals surface area (Å²) in [4.78, 5) is 43.8. The van der Waals surface area contributed by atoms with Crippen LogP contribution in [-0.2, 0) is 9.59 Å². The average Bonchev–Trinajstić information content (AvgIpc) is 3.34. The second-order valence-corrected chi connectivity index (χ2v) is 8.40. The van der Waals surface area contributed by atoms with Crippen molar-refractivity contribution in [2.75, 3.05) is 49.5 Å². The molecule has 7 nitrogen and oxygen atoms in total. The third-order valence-corrected chi connectivity index (χ3v) is 6.52. The predicted octanol–water partition coefficient (Wildman–Crippen LogP) is 3.36. The molecule has 170 valence electrons. The number of piperazine rings is 1. The maximum absolute atomic E-state index is 13.2. The van der Waals surface area contributed by atoms with Gasteiger partial charge in [0.1, 0.15) is 0 Å². The van der Waals surface area contributed by atoms with Crippen molar-refractivity contribution in [2.24, 2.45) is 5.92 Å². The van der Waals surface area contributed by atoms with Gasteiger partial charge in [0.25, 0.3) is 5.91 Å². The van der Waals surface area contributed by atoms with Crippen molar-refractivity contribution in [3.05, 3.63) is 23.8 Å². The number of hydrogen-bond acceptors (Lipinski definition) is 4. The van der Waals surface area contributed by atoms with Crippen molar-refractivity contribution in [2.45, 2.75) is 52.9 Å². The number of anilines is 2. The van der Waals surface area contributed by atoms with Gasteiger partial charge in [-0.15, -0.1) is 0 Å². The van der Waals surface area contributed by atoms with Crippen molar-refractivity contribution in [1.82, 2.24) is 9.80 Å². The van der Waals surface area contributed by atoms with E-state index in [1.165, 1.54) is 0 Å². The fraction of sp³-hybridized carbons (Fsp3) is 0.625. The predicted molar refractivity (Wildman–Crippen MR) is 123 cm³/mol. The molecular weight excluding hydrogens is 392 g/mol. The van der Waals surface area contributed by atoms with Gasteiger partial charge >= 0.3 is 0 Å². The third-order valence-electron chi connectivity index (χ3n) is 6.52. The number of rotatable bonds is 7. The molecule has 0 aromatic heterocycles. The molecule has 0 unspecified atom stereocenters. The lowest BCUT2D eigenvalue weighted by molar-refractivity contribution is -0.135. The van der Waals surface area contributed by atoms with Crippen LogP contribution in [0.1, 0.15) is 63.2 Å². The first-order valence-corrected chi connectivity index (χ1v) is 11.7. The molecule has 1 heterocycles. The van der Waals surface area contributed by atoms with Gasteiger partial charge < -0.3 is 20.0 Å². The van der Waals surface area contributed by atoms with E-state index in [1.807, 2.05) is 30.9 Å². The molecule has 1 aliphatic heterocycles. The van der Waals surface area contributed by atoms with E-state index in [-0.39, 0.29) is 17.7 Å². The summed E-state index contributed by atoms with van der Waals surface area (Å²) in [6.45, 7) is 9.78. The van der Waals surface area contributed by atoms with Gasteiger partial charge in [0.05, 0.1) is 5.56 Å². The molecule has 2 aliphatic rings. The quantitative estimate of drug-likeness (QED) is 0.723. The van der Waals surface area contributed by atoms with Gasteiger partial charge in [0.2, 0.25) is 11.8 Å². The maximum Gasteiger partial charge on any atom is 0.256 e. The number of carbonyl (C=O) groups excluding carboxylic acids is 3. The number of benzene rings is 1. The van der Waals surface area contributed by atoms with Gasteiger partial charge in [-0.3, -0.25) is 14.4 Å². The largest absolute Gasteiger partial charge is 0.367 e. The summed E-state index contributed by atoms with van der Waals surface area (Å²) < 4.78 is 0. The van der Waals surface area contributed by atoms with Crippen molar-refractivity contribution in [1.29, 1.82) is 0 Å². The van der Waals surface area contributed by atoms with E-state index in [2.05, 4.69) is 10.2 Å². The summed E-state index contributed by atoms with van der Waals surface area (Å²) in [5, 5.41) is 2.86. The van der Waals surface area contributed by atoms with Crippen LogP contribution in [0.25, 0.3) is 0 Å². The normalized spacial score (nSPS) is 17.0. The van der Waals surface area contributed by atoms with Crippen LogP contribution in [0.2, 0.25) is 0 Å². The zero-order valence-corrected chi connectivity index (χ0v) is 19.2. The summed E-state index contributed by atoms with van der Waals surface area (Å²) >= 11 is 0. The van der Waals surface area contributed by atoms with Gasteiger partial charge in [-0.05, 0) is 44.9 Å². The van der Waals surface area contributed by atoms with Crippen LogP contribution < -0.4 is 10.2 Å². The van der Waals surface area contributed by atoms with E-state index in [9.17, 15) is 14.4 Å². The monoisotopic (exact) mass is 428 g/mol. The lowest BCUT2D eigenvalue weighted by atomic mass is 10.1. The Hall–Kier alpha value is -2.57. The van der Waals surface area contributed by atoms with Gasteiger partial charge in [-0.1, -0.05) is 19.8 Å². The molecule has 1 aromatic rings. The zero-order valence-electron chi connectivity index (χ0n) is 19.2. The van der Waals surface area contributed by atoms with Crippen LogP contribution in [0.15, 0.2) is 18.2 Å². The standard InChI is InChI=1S/C24H36N4O3/c1-4-22(29)25-19-11-12-21(20(17-19)24(31)26(5-2)6-3)27-13-15-28(16-14-27)23(30)18-9-7-8-10-18/h11-12,17-18H,4-10,13-16H2,1-3H3,(H,25,29). The Morgan fingerprint density at radius 1 is 1.00 bits per heavy atom. The van der Waals surface area contributed by atoms with Crippen LogP contribution >= 0.6 is 0 Å². The van der Waals surface area contributed by atoms with E-state index in [4.69, 9.17) is 0 Å². The van der Waals surface area contributed by atoms with Crippen LogP contribution in [0.5, 0.6) is 0 Å². The number of carbonyl (C=O) groups is 3. The minimum atomic E-state index is -0.0759. The van der Waals surface area contributed by atoms with Crippen molar-refractivity contribution in [3.63, 3.8) is 0 Å². The van der Waals surface area contributed by atoms with Crippen LogP contribution in [0, 0.1) is 5.92 Å². The van der Waals surface area contributed by atoms with Crippen LogP contribution in [0.3, 0.4) is 0 Å². The summed E-state index contributed by atoms with van der Waals surface area (Å²) in [6.07, 6.45) is 4.75. The van der Waals surface area contributed by atoms with E-state index in [0.29, 0.717) is 62.8 Å². The Kier molecular flexibility index (Phi) is 7.93. The van der Waals surface area contributed by atoms with Crippen LogP contribution in [0.4, 0.5) is 11.4 Å². The fourth-order valence-electron chi connectivity index (χ4n) is 4.59. The summed E-state index contributed by atoms with van der Waals surface area (Å²) in [5.74, 6) is 0.395.